The van der Waals surface area contributed by atoms with Gasteiger partial charge in [0.2, 0.25) is 0 Å². The van der Waals surface area contributed by atoms with Crippen LogP contribution in [0.3, 0.4) is 0 Å². The minimum Gasteiger partial charge on any atom is -0.393 e. The van der Waals surface area contributed by atoms with Crippen molar-refractivity contribution in [3.05, 3.63) is 0 Å². The first-order valence-electron chi connectivity index (χ1n) is 13.4. The quantitative estimate of drug-likeness (QED) is 0.559. The Labute approximate surface area is 200 Å². The third-order valence-corrected chi connectivity index (χ3v) is 11.8. The lowest BCUT2D eigenvalue weighted by molar-refractivity contribution is -0.175. The maximum atomic E-state index is 13.2. The highest BCUT2D eigenvalue weighted by Gasteiger charge is 2.64. The number of aliphatic hydroxyl groups is 2. The number of hydrogen-bond acceptors (Lipinski definition) is 4. The predicted octanol–water partition coefficient (Wildman–Crippen LogP) is 4.31. The number of Topliss-reactive ketones (excluding diaryl/α,β-unsaturated/α-hetero) is 1. The fourth-order valence-electron chi connectivity index (χ4n) is 10.4. The molecule has 0 radical (unpaired) electrons. The lowest BCUT2D eigenvalue weighted by Gasteiger charge is -2.59. The Balaban J connectivity index is 0.00000216. The first-order chi connectivity index (χ1) is 14.7. The summed E-state index contributed by atoms with van der Waals surface area (Å²) in [5, 5.41) is 22.1. The van der Waals surface area contributed by atoms with Gasteiger partial charge in [0.25, 0.3) is 0 Å². The molecule has 12 atom stereocenters. The van der Waals surface area contributed by atoms with E-state index in [4.69, 9.17) is 0 Å². The lowest BCUT2D eigenvalue weighted by Crippen LogP contribution is -2.67. The van der Waals surface area contributed by atoms with E-state index in [0.29, 0.717) is 53.8 Å². The van der Waals surface area contributed by atoms with Crippen molar-refractivity contribution in [1.82, 2.24) is 4.90 Å². The van der Waals surface area contributed by atoms with Gasteiger partial charge in [-0.2, -0.15) is 0 Å². The van der Waals surface area contributed by atoms with Crippen molar-refractivity contribution in [3.8, 4) is 0 Å². The fourth-order valence-corrected chi connectivity index (χ4v) is 10.4. The smallest absolute Gasteiger partial charge is 0.136 e. The van der Waals surface area contributed by atoms with Gasteiger partial charge < -0.3 is 10.2 Å². The average molecular weight is 466 g/mol. The highest BCUT2D eigenvalue weighted by Crippen LogP contribution is 2.66. The number of nitrogens with zero attached hydrogens (tertiary/aromatic N) is 1. The van der Waals surface area contributed by atoms with Crippen LogP contribution in [0.25, 0.3) is 0 Å². The van der Waals surface area contributed by atoms with Crippen molar-refractivity contribution in [1.29, 1.82) is 0 Å². The highest BCUT2D eigenvalue weighted by atomic mass is 35.5. The van der Waals surface area contributed by atoms with E-state index in [-0.39, 0.29) is 29.8 Å². The fraction of sp³-hybridized carbons (Fsp3) is 0.963. The van der Waals surface area contributed by atoms with Gasteiger partial charge >= 0.3 is 0 Å². The number of fused-ring (bicyclic) bond motifs is 8. The van der Waals surface area contributed by atoms with Crippen LogP contribution in [0, 0.1) is 52.8 Å². The third kappa shape index (κ3) is 3.22. The van der Waals surface area contributed by atoms with Crippen LogP contribution < -0.4 is 0 Å². The van der Waals surface area contributed by atoms with Gasteiger partial charge in [0, 0.05) is 31.5 Å². The molecule has 0 aromatic heterocycles. The van der Waals surface area contributed by atoms with E-state index in [0.717, 1.165) is 44.6 Å². The molecule has 0 bridgehead atoms. The molecule has 0 aromatic rings. The summed E-state index contributed by atoms with van der Waals surface area (Å²) in [6.45, 7) is 9.23. The zero-order chi connectivity index (χ0) is 21.7. The zero-order valence-electron chi connectivity index (χ0n) is 20.2. The molecule has 2 saturated heterocycles. The van der Waals surface area contributed by atoms with Crippen LogP contribution in [0.4, 0.5) is 0 Å². The highest BCUT2D eigenvalue weighted by molar-refractivity contribution is 5.85. The Morgan fingerprint density at radius 3 is 2.47 bits per heavy atom. The van der Waals surface area contributed by atoms with E-state index in [1.54, 1.807) is 0 Å². The van der Waals surface area contributed by atoms with E-state index in [1.165, 1.54) is 25.8 Å². The Hall–Kier alpha value is -0.160. The summed E-state index contributed by atoms with van der Waals surface area (Å²) in [6.07, 6.45) is 9.08. The van der Waals surface area contributed by atoms with Gasteiger partial charge in [-0.3, -0.25) is 9.69 Å². The largest absolute Gasteiger partial charge is 0.393 e. The molecule has 2 N–H and O–H groups in total. The second-order valence-corrected chi connectivity index (χ2v) is 13.2. The van der Waals surface area contributed by atoms with Crippen molar-refractivity contribution in [2.75, 3.05) is 13.1 Å². The molecule has 6 fully saturated rings. The minimum atomic E-state index is -0.570. The van der Waals surface area contributed by atoms with E-state index >= 15 is 0 Å². The molecule has 0 spiro atoms. The second kappa shape index (κ2) is 7.93. The topological polar surface area (TPSA) is 60.8 Å². The summed E-state index contributed by atoms with van der Waals surface area (Å²) in [7, 11) is 0. The number of aliphatic hydroxyl groups excluding tert-OH is 1. The summed E-state index contributed by atoms with van der Waals surface area (Å²) in [5.74, 6) is 4.82. The predicted molar refractivity (Wildman–Crippen MR) is 128 cm³/mol. The third-order valence-electron chi connectivity index (χ3n) is 11.8. The Morgan fingerprint density at radius 2 is 1.69 bits per heavy atom. The molecule has 32 heavy (non-hydrogen) atoms. The van der Waals surface area contributed by atoms with E-state index in [2.05, 4.69) is 25.7 Å². The van der Waals surface area contributed by atoms with Crippen molar-refractivity contribution in [2.24, 2.45) is 52.8 Å². The van der Waals surface area contributed by atoms with Gasteiger partial charge in [0.15, 0.2) is 0 Å². The normalized spacial score (nSPS) is 57.3. The SMILES string of the molecule is C[C@H]1CC[C@@H]2N(CC3C(CC[C@H]4[C@@H]5CC(=O)C6CC(O)CC[C@]6(C)[C@H]5C[C@@H]34)[C@]2(C)O)C1.Cl. The average Bonchev–Trinajstić information content (AvgIpc) is 3.09. The standard InChI is InChI=1S/C27H43NO3.ClH/c1-15-4-7-25-27(3,31)21-6-5-17-18(20(21)14-28(25)13-15)11-22-19(17)12-24(30)23-10-16(29)8-9-26(22,23)2;/h15-23,25,29,31H,4-14H2,1-3H3;1H/t15-,16?,17+,18+,19-,20?,21?,22-,23?,25-,26+,27-;/m0./s1. The molecular formula is C27H44ClNO3. The number of halogens is 1. The number of rotatable bonds is 0. The van der Waals surface area contributed by atoms with Crippen molar-refractivity contribution < 1.29 is 15.0 Å². The first-order valence-corrected chi connectivity index (χ1v) is 13.4. The number of piperidine rings is 2. The summed E-state index contributed by atoms with van der Waals surface area (Å²) >= 11 is 0. The summed E-state index contributed by atoms with van der Waals surface area (Å²) < 4.78 is 0. The van der Waals surface area contributed by atoms with Crippen LogP contribution >= 0.6 is 12.4 Å². The van der Waals surface area contributed by atoms with Crippen LogP contribution in [-0.4, -0.2) is 51.7 Å². The number of hydrogen-bond donors (Lipinski definition) is 2. The van der Waals surface area contributed by atoms with Crippen LogP contribution in [-0.2, 0) is 4.79 Å². The molecule has 6 rings (SSSR count). The molecule has 4 unspecified atom stereocenters. The van der Waals surface area contributed by atoms with Gasteiger partial charge in [-0.05, 0) is 105 Å². The van der Waals surface area contributed by atoms with Crippen molar-refractivity contribution in [2.45, 2.75) is 96.3 Å². The maximum absolute atomic E-state index is 13.2. The molecule has 2 aliphatic heterocycles. The van der Waals surface area contributed by atoms with Crippen molar-refractivity contribution >= 4 is 18.2 Å². The summed E-state index contributed by atoms with van der Waals surface area (Å²) in [5.41, 5.74) is -0.482. The van der Waals surface area contributed by atoms with Crippen LogP contribution in [0.1, 0.15) is 78.6 Å². The Morgan fingerprint density at radius 1 is 0.906 bits per heavy atom. The second-order valence-electron chi connectivity index (χ2n) is 13.2. The molecule has 0 amide bonds. The first kappa shape index (κ1) is 23.6. The molecular weight excluding hydrogens is 422 g/mol. The number of carbonyl (C=O) groups excluding carboxylic acids is 1. The van der Waals surface area contributed by atoms with Crippen LogP contribution in [0.2, 0.25) is 0 Å². The molecule has 2 heterocycles. The lowest BCUT2D eigenvalue weighted by atomic mass is 9.51. The molecule has 5 heteroatoms. The molecule has 6 aliphatic rings. The van der Waals surface area contributed by atoms with Gasteiger partial charge in [-0.25, -0.2) is 0 Å². The van der Waals surface area contributed by atoms with Crippen LogP contribution in [0.5, 0.6) is 0 Å². The molecule has 4 saturated carbocycles. The van der Waals surface area contributed by atoms with Crippen molar-refractivity contribution in [3.63, 3.8) is 0 Å². The zero-order valence-corrected chi connectivity index (χ0v) is 21.0. The summed E-state index contributed by atoms with van der Waals surface area (Å²) in [4.78, 5) is 15.9. The maximum Gasteiger partial charge on any atom is 0.136 e. The molecule has 182 valence electrons. The van der Waals surface area contributed by atoms with E-state index < -0.39 is 5.60 Å². The van der Waals surface area contributed by atoms with Gasteiger partial charge in [-0.1, -0.05) is 13.8 Å². The molecule has 0 aromatic carbocycles. The summed E-state index contributed by atoms with van der Waals surface area (Å²) in [6, 6.07) is 0.341. The van der Waals surface area contributed by atoms with Gasteiger partial charge in [-0.15, -0.1) is 12.4 Å². The van der Waals surface area contributed by atoms with E-state index in [9.17, 15) is 15.0 Å². The Kier molecular flexibility index (Phi) is 5.84. The monoisotopic (exact) mass is 465 g/mol. The van der Waals surface area contributed by atoms with Crippen LogP contribution in [0.15, 0.2) is 0 Å². The Bertz CT molecular complexity index is 757. The van der Waals surface area contributed by atoms with Gasteiger partial charge in [0.1, 0.15) is 5.78 Å². The molecule has 4 nitrogen and oxygen atoms in total. The van der Waals surface area contributed by atoms with E-state index in [1.807, 2.05) is 0 Å². The van der Waals surface area contributed by atoms with Gasteiger partial charge in [0.05, 0.1) is 11.7 Å². The number of carbonyl (C=O) groups is 1. The molecule has 4 aliphatic carbocycles. The minimum absolute atomic E-state index is 0. The number of ketones is 1.